The SMILES string of the molecule is CCCCCCCCCCCCCCCCC(=O)O[C@H](COC(=O)CCCCCCCCCC(C)C)COP(=O)(O)OC[C@@H](O)COP(=O)(O)OC[C@@H](COC(=O)CCCCCCC)OC(=O)CCCCCCCCCC. The van der Waals surface area contributed by atoms with Gasteiger partial charge in [0.15, 0.2) is 12.2 Å². The van der Waals surface area contributed by atoms with Crippen LogP contribution in [0.4, 0.5) is 0 Å². The number of hydrogen-bond acceptors (Lipinski definition) is 15. The summed E-state index contributed by atoms with van der Waals surface area (Å²) in [4.78, 5) is 71.6. The predicted octanol–water partition coefficient (Wildman–Crippen LogP) is 15.5. The second kappa shape index (κ2) is 52.2. The minimum absolute atomic E-state index is 0.104. The number of carbonyl (C=O) groups is 4. The maximum absolute atomic E-state index is 12.9. The normalized spacial score (nSPS) is 14.4. The second-order valence-corrected chi connectivity index (χ2v) is 24.4. The van der Waals surface area contributed by atoms with E-state index in [4.69, 9.17) is 37.0 Å². The van der Waals surface area contributed by atoms with E-state index in [9.17, 15) is 43.2 Å². The standard InChI is InChI=1S/C58H112O17P2/c1-6-9-12-15-17-19-20-21-22-23-24-28-34-39-44-58(63)75-54(48-69-56(61)42-37-32-29-25-26-31-35-40-51(4)5)50-73-77(66,67)71-46-52(59)45-70-76(64,65)72-49-53(47-68-55(60)41-36-30-14-11-8-3)74-57(62)43-38-33-27-18-16-13-10-7-2/h51-54,59H,6-50H2,1-5H3,(H,64,65)(H,66,67)/t52-,53+,54+/m0/s1. The first-order valence-electron chi connectivity index (χ1n) is 30.6. The van der Waals surface area contributed by atoms with Crippen LogP contribution >= 0.6 is 15.6 Å². The van der Waals surface area contributed by atoms with E-state index in [1.165, 1.54) is 89.9 Å². The third-order valence-electron chi connectivity index (χ3n) is 13.3. The lowest BCUT2D eigenvalue weighted by atomic mass is 10.0. The van der Waals surface area contributed by atoms with Crippen LogP contribution in [0.15, 0.2) is 0 Å². The highest BCUT2D eigenvalue weighted by Gasteiger charge is 2.30. The lowest BCUT2D eigenvalue weighted by molar-refractivity contribution is -0.161. The molecule has 0 spiro atoms. The smallest absolute Gasteiger partial charge is 0.462 e. The summed E-state index contributed by atoms with van der Waals surface area (Å²) < 4.78 is 67.5. The van der Waals surface area contributed by atoms with Crippen molar-refractivity contribution in [2.45, 2.75) is 303 Å². The first-order chi connectivity index (χ1) is 37.0. The van der Waals surface area contributed by atoms with Crippen molar-refractivity contribution in [3.63, 3.8) is 0 Å². The molecule has 0 rings (SSSR count). The van der Waals surface area contributed by atoms with Crippen molar-refractivity contribution in [3.8, 4) is 0 Å². The van der Waals surface area contributed by atoms with Crippen molar-refractivity contribution in [2.24, 2.45) is 5.92 Å². The summed E-state index contributed by atoms with van der Waals surface area (Å²) in [6.07, 6.45) is 33.9. The third kappa shape index (κ3) is 53.2. The van der Waals surface area contributed by atoms with E-state index in [2.05, 4.69) is 34.6 Å². The summed E-state index contributed by atoms with van der Waals surface area (Å²) in [5, 5.41) is 10.5. The van der Waals surface area contributed by atoms with Gasteiger partial charge in [-0.05, 0) is 31.6 Å². The van der Waals surface area contributed by atoms with Crippen LogP contribution in [0.1, 0.15) is 285 Å². The summed E-state index contributed by atoms with van der Waals surface area (Å²) >= 11 is 0. The molecule has 0 heterocycles. The fourth-order valence-corrected chi connectivity index (χ4v) is 10.1. The van der Waals surface area contributed by atoms with E-state index >= 15 is 0 Å². The highest BCUT2D eigenvalue weighted by molar-refractivity contribution is 7.47. The fourth-order valence-electron chi connectivity index (χ4n) is 8.52. The van der Waals surface area contributed by atoms with E-state index in [0.717, 1.165) is 109 Å². The Balaban J connectivity index is 5.17. The van der Waals surface area contributed by atoms with E-state index in [1.807, 2.05) is 0 Å². The van der Waals surface area contributed by atoms with Gasteiger partial charge in [0, 0.05) is 25.7 Å². The molecule has 0 bridgehead atoms. The number of phosphoric acid groups is 2. The van der Waals surface area contributed by atoms with E-state index in [0.29, 0.717) is 31.6 Å². The topological polar surface area (TPSA) is 237 Å². The molecule has 0 amide bonds. The summed E-state index contributed by atoms with van der Waals surface area (Å²) in [6.45, 7) is 6.98. The molecule has 0 radical (unpaired) electrons. The van der Waals surface area contributed by atoms with Gasteiger partial charge in [0.2, 0.25) is 0 Å². The van der Waals surface area contributed by atoms with Crippen molar-refractivity contribution in [1.82, 2.24) is 0 Å². The van der Waals surface area contributed by atoms with E-state index < -0.39 is 97.5 Å². The molecule has 5 atom stereocenters. The van der Waals surface area contributed by atoms with E-state index in [-0.39, 0.29) is 25.7 Å². The van der Waals surface area contributed by atoms with E-state index in [1.54, 1.807) is 0 Å². The molecule has 0 saturated heterocycles. The van der Waals surface area contributed by atoms with Gasteiger partial charge in [0.25, 0.3) is 0 Å². The molecule has 0 aliphatic heterocycles. The van der Waals surface area contributed by atoms with Gasteiger partial charge in [-0.25, -0.2) is 9.13 Å². The van der Waals surface area contributed by atoms with Crippen LogP contribution in [0.25, 0.3) is 0 Å². The Labute approximate surface area is 467 Å². The molecule has 0 aliphatic rings. The molecule has 19 heteroatoms. The Bertz CT molecular complexity index is 1520. The summed E-state index contributed by atoms with van der Waals surface area (Å²) in [6, 6.07) is 0. The lowest BCUT2D eigenvalue weighted by Crippen LogP contribution is -2.30. The van der Waals surface area contributed by atoms with Gasteiger partial charge >= 0.3 is 39.5 Å². The average Bonchev–Trinajstić information content (AvgIpc) is 3.39. The number of phosphoric ester groups is 2. The van der Waals surface area contributed by atoms with Crippen molar-refractivity contribution in [3.05, 3.63) is 0 Å². The second-order valence-electron chi connectivity index (χ2n) is 21.5. The number of unbranched alkanes of at least 4 members (excludes halogenated alkanes) is 30. The molecule has 456 valence electrons. The van der Waals surface area contributed by atoms with Crippen LogP contribution in [0.3, 0.4) is 0 Å². The lowest BCUT2D eigenvalue weighted by Gasteiger charge is -2.21. The van der Waals surface area contributed by atoms with Crippen LogP contribution in [-0.2, 0) is 65.4 Å². The van der Waals surface area contributed by atoms with Crippen molar-refractivity contribution in [2.75, 3.05) is 39.6 Å². The first-order valence-corrected chi connectivity index (χ1v) is 33.6. The van der Waals surface area contributed by atoms with Gasteiger partial charge in [0.05, 0.1) is 26.4 Å². The number of rotatable bonds is 58. The molecule has 2 unspecified atom stereocenters. The predicted molar refractivity (Wildman–Crippen MR) is 303 cm³/mol. The Morgan fingerprint density at radius 1 is 0.351 bits per heavy atom. The molecular formula is C58H112O17P2. The summed E-state index contributed by atoms with van der Waals surface area (Å²) in [7, 11) is -9.86. The van der Waals surface area contributed by atoms with Crippen LogP contribution in [0.5, 0.6) is 0 Å². The monoisotopic (exact) mass is 1140 g/mol. The van der Waals surface area contributed by atoms with Gasteiger partial charge in [-0.15, -0.1) is 0 Å². The molecule has 17 nitrogen and oxygen atoms in total. The molecule has 0 saturated carbocycles. The number of carbonyl (C=O) groups excluding carboxylic acids is 4. The van der Waals surface area contributed by atoms with Crippen molar-refractivity contribution >= 4 is 39.5 Å². The summed E-state index contributed by atoms with van der Waals surface area (Å²) in [5.74, 6) is -1.45. The third-order valence-corrected chi connectivity index (χ3v) is 15.2. The largest absolute Gasteiger partial charge is 0.472 e. The first kappa shape index (κ1) is 75.1. The van der Waals surface area contributed by atoms with Crippen molar-refractivity contribution < 1.29 is 80.2 Å². The zero-order valence-corrected chi connectivity index (χ0v) is 50.9. The van der Waals surface area contributed by atoms with Gasteiger partial charge in [0.1, 0.15) is 19.3 Å². The van der Waals surface area contributed by atoms with Crippen LogP contribution < -0.4 is 0 Å². The maximum atomic E-state index is 12.9. The average molecular weight is 1140 g/mol. The highest BCUT2D eigenvalue weighted by Crippen LogP contribution is 2.45. The quantitative estimate of drug-likeness (QED) is 0.0222. The minimum atomic E-state index is -4.94. The molecule has 0 aliphatic carbocycles. The Morgan fingerprint density at radius 2 is 0.597 bits per heavy atom. The molecule has 3 N–H and O–H groups in total. The van der Waals surface area contributed by atoms with Gasteiger partial charge in [-0.1, -0.05) is 234 Å². The molecule has 0 aromatic carbocycles. The zero-order valence-electron chi connectivity index (χ0n) is 49.1. The number of hydrogen-bond donors (Lipinski definition) is 3. The minimum Gasteiger partial charge on any atom is -0.462 e. The summed E-state index contributed by atoms with van der Waals surface area (Å²) in [5.41, 5.74) is 0. The van der Waals surface area contributed by atoms with Crippen LogP contribution in [0.2, 0.25) is 0 Å². The zero-order chi connectivity index (χ0) is 57.1. The molecule has 0 aromatic heterocycles. The van der Waals surface area contributed by atoms with Crippen LogP contribution in [-0.4, -0.2) is 96.7 Å². The Morgan fingerprint density at radius 3 is 0.883 bits per heavy atom. The van der Waals surface area contributed by atoms with Crippen LogP contribution in [0, 0.1) is 5.92 Å². The fraction of sp³-hybridized carbons (Fsp3) is 0.931. The Hall–Kier alpha value is -1.94. The maximum Gasteiger partial charge on any atom is 0.472 e. The molecule has 0 aromatic rings. The van der Waals surface area contributed by atoms with Gasteiger partial charge in [-0.2, -0.15) is 0 Å². The molecule has 0 fully saturated rings. The molecular weight excluding hydrogens is 1030 g/mol. The number of esters is 4. The van der Waals surface area contributed by atoms with Gasteiger partial charge < -0.3 is 33.8 Å². The Kier molecular flexibility index (Phi) is 50.8. The van der Waals surface area contributed by atoms with Crippen molar-refractivity contribution in [1.29, 1.82) is 0 Å². The highest BCUT2D eigenvalue weighted by atomic mass is 31.2. The number of ether oxygens (including phenoxy) is 4. The van der Waals surface area contributed by atoms with Gasteiger partial charge in [-0.3, -0.25) is 37.3 Å². The number of aliphatic hydroxyl groups is 1. The number of aliphatic hydroxyl groups excluding tert-OH is 1. The molecule has 77 heavy (non-hydrogen) atoms.